The molecular weight excluding hydrogens is 456 g/mol. The summed E-state index contributed by atoms with van der Waals surface area (Å²) in [6.07, 6.45) is -1.13. The maximum Gasteiger partial charge on any atom is 0.408 e. The number of ether oxygens (including phenoxy) is 2. The molecule has 194 valence electrons. The third-order valence-corrected chi connectivity index (χ3v) is 5.17. The van der Waals surface area contributed by atoms with Crippen molar-refractivity contribution in [1.82, 2.24) is 16.0 Å². The van der Waals surface area contributed by atoms with Crippen molar-refractivity contribution in [3.05, 3.63) is 35.9 Å². The van der Waals surface area contributed by atoms with E-state index in [0.29, 0.717) is 0 Å². The third-order valence-electron chi connectivity index (χ3n) is 5.17. The highest BCUT2D eigenvalue weighted by atomic mass is 16.5. The van der Waals surface area contributed by atoms with Crippen molar-refractivity contribution < 1.29 is 33.4 Å². The zero-order valence-corrected chi connectivity index (χ0v) is 20.8. The quantitative estimate of drug-likeness (QED) is 0.298. The SMILES string of the molecule is COC(=O)[C@@H](NC(=O)[C@@H](NC(=O)[C@H](CCC(N)=O)NC(=O)OCc1ccccc1)C(C)C)C(C)C. The van der Waals surface area contributed by atoms with Gasteiger partial charge in [0.2, 0.25) is 17.7 Å². The van der Waals surface area contributed by atoms with E-state index in [1.54, 1.807) is 52.0 Å². The Kier molecular flexibility index (Phi) is 12.3. The van der Waals surface area contributed by atoms with Crippen LogP contribution in [0.25, 0.3) is 0 Å². The standard InChI is InChI=1S/C24H36N4O7/c1-14(2)19(22(31)28-20(15(3)4)23(32)34-5)27-21(30)17(11-12-18(25)29)26-24(33)35-13-16-9-7-6-8-10-16/h6-10,14-15,17,19-20H,11-13H2,1-5H3,(H2,25,29)(H,26,33)(H,27,30)(H,28,31)/t17-,19-,20-/m0/s1. The van der Waals surface area contributed by atoms with E-state index in [1.807, 2.05) is 6.07 Å². The summed E-state index contributed by atoms with van der Waals surface area (Å²) >= 11 is 0. The predicted molar refractivity (Wildman–Crippen MR) is 128 cm³/mol. The minimum absolute atomic E-state index is 0.0159. The first-order chi connectivity index (χ1) is 16.5. The van der Waals surface area contributed by atoms with E-state index in [2.05, 4.69) is 16.0 Å². The van der Waals surface area contributed by atoms with Crippen LogP contribution in [0, 0.1) is 11.8 Å². The Bertz CT molecular complexity index is 874. The van der Waals surface area contributed by atoms with Gasteiger partial charge in [-0.25, -0.2) is 9.59 Å². The van der Waals surface area contributed by atoms with Crippen LogP contribution in [-0.4, -0.2) is 55.0 Å². The number of hydrogen-bond donors (Lipinski definition) is 4. The lowest BCUT2D eigenvalue weighted by Gasteiger charge is -2.27. The van der Waals surface area contributed by atoms with Crippen LogP contribution in [0.4, 0.5) is 4.79 Å². The molecule has 35 heavy (non-hydrogen) atoms. The van der Waals surface area contributed by atoms with E-state index in [1.165, 1.54) is 7.11 Å². The molecule has 0 unspecified atom stereocenters. The molecule has 0 fully saturated rings. The summed E-state index contributed by atoms with van der Waals surface area (Å²) in [7, 11) is 1.22. The number of carbonyl (C=O) groups is 5. The van der Waals surface area contributed by atoms with Crippen molar-refractivity contribution in [2.75, 3.05) is 7.11 Å². The molecule has 0 aliphatic carbocycles. The fraction of sp³-hybridized carbons (Fsp3) is 0.542. The number of carbonyl (C=O) groups excluding carboxylic acids is 5. The predicted octanol–water partition coefficient (Wildman–Crippen LogP) is 1.00. The Labute approximate surface area is 205 Å². The number of nitrogens with one attached hydrogen (secondary N) is 3. The van der Waals surface area contributed by atoms with E-state index in [-0.39, 0.29) is 31.3 Å². The maximum atomic E-state index is 13.0. The van der Waals surface area contributed by atoms with Crippen molar-refractivity contribution >= 4 is 29.8 Å². The highest BCUT2D eigenvalue weighted by Crippen LogP contribution is 2.09. The molecule has 0 bridgehead atoms. The third kappa shape index (κ3) is 10.4. The van der Waals surface area contributed by atoms with Gasteiger partial charge in [0, 0.05) is 6.42 Å². The van der Waals surface area contributed by atoms with Crippen molar-refractivity contribution in [3.63, 3.8) is 0 Å². The lowest BCUT2D eigenvalue weighted by Crippen LogP contribution is -2.58. The first kappa shape index (κ1) is 29.4. The van der Waals surface area contributed by atoms with Crippen LogP contribution in [0.5, 0.6) is 0 Å². The summed E-state index contributed by atoms with van der Waals surface area (Å²) in [6.45, 7) is 6.91. The van der Waals surface area contributed by atoms with E-state index in [4.69, 9.17) is 15.2 Å². The Morgan fingerprint density at radius 3 is 1.94 bits per heavy atom. The van der Waals surface area contributed by atoms with E-state index >= 15 is 0 Å². The molecule has 0 spiro atoms. The van der Waals surface area contributed by atoms with E-state index in [0.717, 1.165) is 5.56 Å². The van der Waals surface area contributed by atoms with Crippen LogP contribution < -0.4 is 21.7 Å². The molecule has 0 saturated heterocycles. The van der Waals surface area contributed by atoms with Gasteiger partial charge in [-0.1, -0.05) is 58.0 Å². The van der Waals surface area contributed by atoms with Gasteiger partial charge in [0.05, 0.1) is 7.11 Å². The highest BCUT2D eigenvalue weighted by molar-refractivity contribution is 5.93. The summed E-state index contributed by atoms with van der Waals surface area (Å²) in [6, 6.07) is 5.85. The Balaban J connectivity index is 2.90. The summed E-state index contributed by atoms with van der Waals surface area (Å²) in [5.41, 5.74) is 5.96. The zero-order chi connectivity index (χ0) is 26.5. The second-order valence-electron chi connectivity index (χ2n) is 8.75. The van der Waals surface area contributed by atoms with E-state index < -0.39 is 47.9 Å². The molecule has 11 heteroatoms. The average molecular weight is 493 g/mol. The molecule has 1 rings (SSSR count). The second-order valence-corrected chi connectivity index (χ2v) is 8.75. The number of alkyl carbamates (subject to hydrolysis) is 1. The number of rotatable bonds is 13. The fourth-order valence-electron chi connectivity index (χ4n) is 3.12. The van der Waals surface area contributed by atoms with Crippen molar-refractivity contribution in [2.24, 2.45) is 17.6 Å². The molecule has 0 heterocycles. The molecule has 0 aliphatic rings. The smallest absolute Gasteiger partial charge is 0.408 e. The number of esters is 1. The summed E-state index contributed by atoms with van der Waals surface area (Å²) < 4.78 is 9.90. The Morgan fingerprint density at radius 2 is 1.43 bits per heavy atom. The summed E-state index contributed by atoms with van der Waals surface area (Å²) in [4.78, 5) is 61.5. The van der Waals surface area contributed by atoms with Gasteiger partial charge in [-0.15, -0.1) is 0 Å². The average Bonchev–Trinajstić information content (AvgIpc) is 2.81. The molecule has 0 radical (unpaired) electrons. The molecule has 0 aliphatic heterocycles. The highest BCUT2D eigenvalue weighted by Gasteiger charge is 2.33. The van der Waals surface area contributed by atoms with Crippen LogP contribution in [0.3, 0.4) is 0 Å². The second kappa shape index (κ2) is 14.6. The van der Waals surface area contributed by atoms with Crippen molar-refractivity contribution in [2.45, 2.75) is 65.3 Å². The zero-order valence-electron chi connectivity index (χ0n) is 20.8. The van der Waals surface area contributed by atoms with Gasteiger partial charge >= 0.3 is 12.1 Å². The van der Waals surface area contributed by atoms with Crippen molar-refractivity contribution in [3.8, 4) is 0 Å². The number of amides is 4. The van der Waals surface area contributed by atoms with Gasteiger partial charge in [0.1, 0.15) is 24.7 Å². The lowest BCUT2D eigenvalue weighted by molar-refractivity contribution is -0.146. The largest absolute Gasteiger partial charge is 0.467 e. The lowest BCUT2D eigenvalue weighted by atomic mass is 9.99. The van der Waals surface area contributed by atoms with Crippen LogP contribution >= 0.6 is 0 Å². The molecule has 3 atom stereocenters. The van der Waals surface area contributed by atoms with Gasteiger partial charge in [0.25, 0.3) is 0 Å². The summed E-state index contributed by atoms with van der Waals surface area (Å²) in [5.74, 6) is -3.15. The van der Waals surface area contributed by atoms with Crippen LogP contribution in [0.15, 0.2) is 30.3 Å². The molecule has 0 saturated carbocycles. The Hall–Kier alpha value is -3.63. The van der Waals surface area contributed by atoms with Gasteiger partial charge < -0.3 is 31.2 Å². The fourth-order valence-corrected chi connectivity index (χ4v) is 3.12. The van der Waals surface area contributed by atoms with Gasteiger partial charge in [0.15, 0.2) is 0 Å². The molecule has 4 amide bonds. The minimum Gasteiger partial charge on any atom is -0.467 e. The normalized spacial score (nSPS) is 13.3. The van der Waals surface area contributed by atoms with Gasteiger partial charge in [-0.2, -0.15) is 0 Å². The maximum absolute atomic E-state index is 13.0. The number of methoxy groups -OCH3 is 1. The number of benzene rings is 1. The topological polar surface area (TPSA) is 166 Å². The molecule has 0 aromatic heterocycles. The first-order valence-electron chi connectivity index (χ1n) is 11.4. The van der Waals surface area contributed by atoms with Crippen LogP contribution in [0.1, 0.15) is 46.1 Å². The summed E-state index contributed by atoms with van der Waals surface area (Å²) in [5, 5.41) is 7.63. The van der Waals surface area contributed by atoms with E-state index in [9.17, 15) is 24.0 Å². The number of nitrogens with two attached hydrogens (primary N) is 1. The molecule has 5 N–H and O–H groups in total. The first-order valence-corrected chi connectivity index (χ1v) is 11.4. The van der Waals surface area contributed by atoms with Gasteiger partial charge in [-0.3, -0.25) is 14.4 Å². The molecule has 11 nitrogen and oxygen atoms in total. The number of primary amides is 1. The molecular formula is C24H36N4O7. The monoisotopic (exact) mass is 492 g/mol. The molecule has 1 aromatic carbocycles. The Morgan fingerprint density at radius 1 is 0.857 bits per heavy atom. The van der Waals surface area contributed by atoms with Crippen LogP contribution in [0.2, 0.25) is 0 Å². The van der Waals surface area contributed by atoms with Crippen LogP contribution in [-0.2, 0) is 35.3 Å². The molecule has 1 aromatic rings. The minimum atomic E-state index is -1.18. The van der Waals surface area contributed by atoms with Gasteiger partial charge in [-0.05, 0) is 23.8 Å². The number of hydrogen-bond acceptors (Lipinski definition) is 7. The van der Waals surface area contributed by atoms with Crippen molar-refractivity contribution in [1.29, 1.82) is 0 Å².